The minimum Gasteiger partial charge on any atom is -0.386 e. The van der Waals surface area contributed by atoms with Crippen LogP contribution >= 0.6 is 0 Å². The van der Waals surface area contributed by atoms with Crippen LogP contribution in [0.4, 0.5) is 0 Å². The van der Waals surface area contributed by atoms with Gasteiger partial charge in [-0.05, 0) is 26.0 Å². The van der Waals surface area contributed by atoms with E-state index in [1.165, 1.54) is 7.11 Å². The molecule has 0 aliphatic heterocycles. The third kappa shape index (κ3) is 4.54. The fraction of sp³-hybridized carbons (Fsp3) is 0.462. The summed E-state index contributed by atoms with van der Waals surface area (Å²) in [6.45, 7) is 3.89. The smallest absolute Gasteiger partial charge is 0.251 e. The maximum Gasteiger partial charge on any atom is 0.251 e. The first-order valence-electron chi connectivity index (χ1n) is 5.51. The molecule has 0 heterocycles. The van der Waals surface area contributed by atoms with Crippen LogP contribution in [0.3, 0.4) is 0 Å². The largest absolute Gasteiger partial charge is 0.386 e. The summed E-state index contributed by atoms with van der Waals surface area (Å²) >= 11 is 0. The van der Waals surface area contributed by atoms with Crippen molar-refractivity contribution in [3.8, 4) is 0 Å². The lowest BCUT2D eigenvalue weighted by Gasteiger charge is -2.22. The van der Waals surface area contributed by atoms with Crippen molar-refractivity contribution in [3.05, 3.63) is 35.4 Å². The third-order valence-corrected chi connectivity index (χ3v) is 2.37. The summed E-state index contributed by atoms with van der Waals surface area (Å²) in [5.41, 5.74) is 0.577. The van der Waals surface area contributed by atoms with E-state index in [2.05, 4.69) is 5.32 Å². The van der Waals surface area contributed by atoms with Gasteiger partial charge in [0.25, 0.3) is 5.91 Å². The predicted molar refractivity (Wildman–Crippen MR) is 66.0 cm³/mol. The monoisotopic (exact) mass is 237 g/mol. The normalized spacial score (nSPS) is 14.1. The highest BCUT2D eigenvalue weighted by atomic mass is 16.5. The Morgan fingerprint density at radius 3 is 2.82 bits per heavy atom. The molecule has 1 aromatic carbocycles. The minimum atomic E-state index is -1.05. The average Bonchev–Trinajstić information content (AvgIpc) is 2.26. The topological polar surface area (TPSA) is 58.6 Å². The van der Waals surface area contributed by atoms with E-state index >= 15 is 0 Å². The lowest BCUT2D eigenvalue weighted by Crippen LogP contribution is -2.43. The second-order valence-electron chi connectivity index (χ2n) is 4.48. The number of aliphatic hydroxyl groups is 1. The Balaban J connectivity index is 2.56. The average molecular weight is 237 g/mol. The molecular weight excluding hydrogens is 218 g/mol. The first kappa shape index (κ1) is 13.7. The number of benzene rings is 1. The molecule has 2 N–H and O–H groups in total. The molecule has 0 aliphatic carbocycles. The molecule has 0 aromatic heterocycles. The molecule has 17 heavy (non-hydrogen) atoms. The van der Waals surface area contributed by atoms with Gasteiger partial charge in [0.15, 0.2) is 0 Å². The Bertz CT molecular complexity index is 388. The molecule has 1 amide bonds. The highest BCUT2D eigenvalue weighted by Crippen LogP contribution is 2.05. The van der Waals surface area contributed by atoms with Gasteiger partial charge in [-0.2, -0.15) is 0 Å². The number of carbonyl (C=O) groups excluding carboxylic acids is 1. The highest BCUT2D eigenvalue weighted by molar-refractivity contribution is 5.94. The second-order valence-corrected chi connectivity index (χ2v) is 4.48. The van der Waals surface area contributed by atoms with Crippen LogP contribution < -0.4 is 5.32 Å². The number of nitrogens with one attached hydrogen (secondary N) is 1. The summed E-state index contributed by atoms with van der Waals surface area (Å²) in [7, 11) is 1.51. The molecule has 0 aliphatic rings. The van der Waals surface area contributed by atoms with Crippen LogP contribution in [0.5, 0.6) is 0 Å². The van der Waals surface area contributed by atoms with Crippen molar-refractivity contribution in [1.29, 1.82) is 0 Å². The molecule has 1 unspecified atom stereocenters. The van der Waals surface area contributed by atoms with E-state index in [4.69, 9.17) is 4.74 Å². The maximum absolute atomic E-state index is 11.8. The predicted octanol–water partition coefficient (Wildman–Crippen LogP) is 1.12. The number of carbonyl (C=O) groups is 1. The molecule has 0 bridgehead atoms. The lowest BCUT2D eigenvalue weighted by molar-refractivity contribution is -0.0147. The molecule has 1 aromatic rings. The van der Waals surface area contributed by atoms with Gasteiger partial charge in [0, 0.05) is 19.2 Å². The van der Waals surface area contributed by atoms with Crippen LogP contribution in [0.1, 0.15) is 22.8 Å². The summed E-state index contributed by atoms with van der Waals surface area (Å²) in [6, 6.07) is 7.31. The fourth-order valence-corrected chi connectivity index (χ4v) is 1.52. The molecule has 4 heteroatoms. The number of rotatable bonds is 5. The van der Waals surface area contributed by atoms with Crippen molar-refractivity contribution in [3.63, 3.8) is 0 Å². The summed E-state index contributed by atoms with van der Waals surface area (Å²) in [6.07, 6.45) is 0. The Morgan fingerprint density at radius 1 is 1.53 bits per heavy atom. The van der Waals surface area contributed by atoms with Crippen molar-refractivity contribution in [2.75, 3.05) is 20.3 Å². The van der Waals surface area contributed by atoms with E-state index in [1.807, 2.05) is 19.1 Å². The second kappa shape index (κ2) is 5.80. The van der Waals surface area contributed by atoms with Crippen molar-refractivity contribution in [2.45, 2.75) is 19.4 Å². The SMILES string of the molecule is COCC(C)(O)CNC(=O)c1cccc(C)c1. The Labute approximate surface area is 102 Å². The Morgan fingerprint density at radius 2 is 2.24 bits per heavy atom. The lowest BCUT2D eigenvalue weighted by atomic mass is 10.1. The van der Waals surface area contributed by atoms with E-state index in [1.54, 1.807) is 19.1 Å². The molecule has 0 saturated heterocycles. The van der Waals surface area contributed by atoms with Crippen LogP contribution in [0.15, 0.2) is 24.3 Å². The van der Waals surface area contributed by atoms with Gasteiger partial charge in [0.2, 0.25) is 0 Å². The van der Waals surface area contributed by atoms with Gasteiger partial charge >= 0.3 is 0 Å². The zero-order chi connectivity index (χ0) is 12.9. The highest BCUT2D eigenvalue weighted by Gasteiger charge is 2.21. The Hall–Kier alpha value is -1.39. The number of ether oxygens (including phenoxy) is 1. The minimum absolute atomic E-state index is 0.160. The van der Waals surface area contributed by atoms with Gasteiger partial charge in [0.1, 0.15) is 5.60 Å². The molecular formula is C13H19NO3. The first-order chi connectivity index (χ1) is 7.94. The number of hydrogen-bond acceptors (Lipinski definition) is 3. The van der Waals surface area contributed by atoms with E-state index in [0.29, 0.717) is 5.56 Å². The molecule has 0 spiro atoms. The van der Waals surface area contributed by atoms with Crippen molar-refractivity contribution in [1.82, 2.24) is 5.32 Å². The van der Waals surface area contributed by atoms with Gasteiger partial charge in [-0.3, -0.25) is 4.79 Å². The number of hydrogen-bond donors (Lipinski definition) is 2. The zero-order valence-electron chi connectivity index (χ0n) is 10.5. The van der Waals surface area contributed by atoms with E-state index in [0.717, 1.165) is 5.56 Å². The number of amides is 1. The van der Waals surface area contributed by atoms with Gasteiger partial charge in [0.05, 0.1) is 6.61 Å². The molecule has 4 nitrogen and oxygen atoms in total. The molecule has 94 valence electrons. The van der Waals surface area contributed by atoms with Crippen molar-refractivity contribution >= 4 is 5.91 Å². The summed E-state index contributed by atoms with van der Waals surface area (Å²) in [5, 5.41) is 12.5. The Kier molecular flexibility index (Phi) is 4.66. The first-order valence-corrected chi connectivity index (χ1v) is 5.51. The molecule has 0 fully saturated rings. The maximum atomic E-state index is 11.8. The van der Waals surface area contributed by atoms with Crippen LogP contribution in [-0.2, 0) is 4.74 Å². The van der Waals surface area contributed by atoms with Crippen molar-refractivity contribution in [2.24, 2.45) is 0 Å². The quantitative estimate of drug-likeness (QED) is 0.807. The fourth-order valence-electron chi connectivity index (χ4n) is 1.52. The molecule has 0 saturated carbocycles. The number of methoxy groups -OCH3 is 1. The van der Waals surface area contributed by atoms with E-state index in [9.17, 15) is 9.90 Å². The van der Waals surface area contributed by atoms with Crippen LogP contribution in [0.25, 0.3) is 0 Å². The van der Waals surface area contributed by atoms with E-state index in [-0.39, 0.29) is 19.1 Å². The van der Waals surface area contributed by atoms with Crippen LogP contribution in [-0.4, -0.2) is 36.9 Å². The van der Waals surface area contributed by atoms with Gasteiger partial charge in [-0.15, -0.1) is 0 Å². The van der Waals surface area contributed by atoms with Crippen LogP contribution in [0.2, 0.25) is 0 Å². The number of aryl methyl sites for hydroxylation is 1. The molecule has 0 radical (unpaired) electrons. The van der Waals surface area contributed by atoms with Gasteiger partial charge in [-0.1, -0.05) is 17.7 Å². The summed E-state index contributed by atoms with van der Waals surface area (Å²) in [4.78, 5) is 11.8. The zero-order valence-corrected chi connectivity index (χ0v) is 10.5. The molecule has 1 atom stereocenters. The van der Waals surface area contributed by atoms with Crippen molar-refractivity contribution < 1.29 is 14.6 Å². The van der Waals surface area contributed by atoms with Gasteiger partial charge < -0.3 is 15.2 Å². The third-order valence-electron chi connectivity index (χ3n) is 2.37. The standard InChI is InChI=1S/C13H19NO3/c1-10-5-4-6-11(7-10)12(15)14-8-13(2,16)9-17-3/h4-7,16H,8-9H2,1-3H3,(H,14,15). The van der Waals surface area contributed by atoms with Gasteiger partial charge in [-0.25, -0.2) is 0 Å². The molecule has 1 rings (SSSR count). The van der Waals surface area contributed by atoms with E-state index < -0.39 is 5.60 Å². The summed E-state index contributed by atoms with van der Waals surface area (Å²) in [5.74, 6) is -0.190. The summed E-state index contributed by atoms with van der Waals surface area (Å²) < 4.78 is 4.86. The van der Waals surface area contributed by atoms with Crippen LogP contribution in [0, 0.1) is 6.92 Å².